The zero-order valence-corrected chi connectivity index (χ0v) is 14.3. The summed E-state index contributed by atoms with van der Waals surface area (Å²) in [5.41, 5.74) is 1.06. The lowest BCUT2D eigenvalue weighted by molar-refractivity contribution is -0.385. The number of allylic oxidation sites excluding steroid dienone is 1. The van der Waals surface area contributed by atoms with Crippen molar-refractivity contribution in [2.24, 2.45) is 0 Å². The summed E-state index contributed by atoms with van der Waals surface area (Å²) in [4.78, 5) is 14.3. The number of hydrogen-bond donors (Lipinski definition) is 1. The van der Waals surface area contributed by atoms with Crippen LogP contribution in [0.5, 0.6) is 0 Å². The number of thiazole rings is 1. The molecule has 0 aliphatic rings. The van der Waals surface area contributed by atoms with Crippen LogP contribution < -0.4 is 5.32 Å². The van der Waals surface area contributed by atoms with E-state index in [9.17, 15) is 24.2 Å². The fourth-order valence-electron chi connectivity index (χ4n) is 2.18. The summed E-state index contributed by atoms with van der Waals surface area (Å²) >= 11 is 1.21. The highest BCUT2D eigenvalue weighted by Gasteiger charge is 2.12. The van der Waals surface area contributed by atoms with E-state index in [0.717, 1.165) is 12.1 Å². The SMILES string of the molecule is N#C/C(=C/Nc1ccc([N+](=O)[O-])cc1F)c1nc(-c2ccc(F)cc2)cs1. The lowest BCUT2D eigenvalue weighted by Crippen LogP contribution is -1.96. The summed E-state index contributed by atoms with van der Waals surface area (Å²) in [6.07, 6.45) is 1.28. The molecule has 0 unspecified atom stereocenters. The monoisotopic (exact) mass is 384 g/mol. The van der Waals surface area contributed by atoms with Gasteiger partial charge in [0.25, 0.3) is 5.69 Å². The van der Waals surface area contributed by atoms with Crippen LogP contribution in [-0.2, 0) is 0 Å². The molecular weight excluding hydrogens is 374 g/mol. The van der Waals surface area contributed by atoms with Crippen LogP contribution in [0.3, 0.4) is 0 Å². The van der Waals surface area contributed by atoms with Gasteiger partial charge in [-0.2, -0.15) is 5.26 Å². The van der Waals surface area contributed by atoms with E-state index in [2.05, 4.69) is 10.3 Å². The maximum atomic E-state index is 13.9. The van der Waals surface area contributed by atoms with Crippen molar-refractivity contribution in [3.05, 3.63) is 80.8 Å². The van der Waals surface area contributed by atoms with E-state index in [1.165, 1.54) is 35.7 Å². The third-order valence-electron chi connectivity index (χ3n) is 3.53. The Bertz CT molecular complexity index is 1070. The number of nitro benzene ring substituents is 1. The molecule has 0 amide bonds. The Morgan fingerprint density at radius 2 is 2.00 bits per heavy atom. The predicted molar refractivity (Wildman–Crippen MR) is 97.8 cm³/mol. The molecule has 1 heterocycles. The Labute approximate surface area is 156 Å². The number of nitro groups is 1. The fraction of sp³-hybridized carbons (Fsp3) is 0. The minimum atomic E-state index is -0.816. The second kappa shape index (κ2) is 7.72. The van der Waals surface area contributed by atoms with Crippen LogP contribution in [0.4, 0.5) is 20.2 Å². The zero-order chi connectivity index (χ0) is 19.4. The molecule has 0 aliphatic heterocycles. The van der Waals surface area contributed by atoms with Gasteiger partial charge in [0.1, 0.15) is 22.5 Å². The first-order valence-electron chi connectivity index (χ1n) is 7.50. The number of anilines is 1. The highest BCUT2D eigenvalue weighted by molar-refractivity contribution is 7.11. The standard InChI is InChI=1S/C18H10F2N4O2S/c19-13-3-1-11(2-4-13)17-10-27-18(23-17)12(8-21)9-22-16-6-5-14(24(25)26)7-15(16)20/h1-7,9-10,22H/b12-9-. The molecule has 1 aromatic heterocycles. The van der Waals surface area contributed by atoms with Gasteiger partial charge in [-0.25, -0.2) is 13.8 Å². The molecule has 9 heteroatoms. The first kappa shape index (κ1) is 18.2. The van der Waals surface area contributed by atoms with Gasteiger partial charge < -0.3 is 5.32 Å². The van der Waals surface area contributed by atoms with Crippen molar-refractivity contribution in [1.82, 2.24) is 4.98 Å². The van der Waals surface area contributed by atoms with Gasteiger partial charge in [0.15, 0.2) is 5.82 Å². The largest absolute Gasteiger partial charge is 0.358 e. The number of hydrogen-bond acceptors (Lipinski definition) is 6. The van der Waals surface area contributed by atoms with Crippen LogP contribution in [0.15, 0.2) is 54.0 Å². The summed E-state index contributed by atoms with van der Waals surface area (Å²) in [6.45, 7) is 0. The minimum Gasteiger partial charge on any atom is -0.358 e. The lowest BCUT2D eigenvalue weighted by atomic mass is 10.2. The molecule has 134 valence electrons. The number of halogens is 2. The second-order valence-electron chi connectivity index (χ2n) is 5.28. The Morgan fingerprint density at radius 1 is 1.26 bits per heavy atom. The molecule has 3 aromatic rings. The van der Waals surface area contributed by atoms with Crippen LogP contribution in [0.2, 0.25) is 0 Å². The molecule has 0 spiro atoms. The molecule has 2 aromatic carbocycles. The molecule has 1 N–H and O–H groups in total. The molecule has 0 bridgehead atoms. The van der Waals surface area contributed by atoms with Gasteiger partial charge in [-0.3, -0.25) is 10.1 Å². The van der Waals surface area contributed by atoms with Crippen molar-refractivity contribution >= 4 is 28.3 Å². The van der Waals surface area contributed by atoms with E-state index in [1.54, 1.807) is 17.5 Å². The molecule has 0 atom stereocenters. The molecule has 6 nitrogen and oxygen atoms in total. The lowest BCUT2D eigenvalue weighted by Gasteiger charge is -2.03. The van der Waals surface area contributed by atoms with Crippen LogP contribution in [0.1, 0.15) is 5.01 Å². The fourth-order valence-corrected chi connectivity index (χ4v) is 2.97. The van der Waals surface area contributed by atoms with Crippen LogP contribution >= 0.6 is 11.3 Å². The maximum Gasteiger partial charge on any atom is 0.272 e. The molecular formula is C18H10F2N4O2S. The number of rotatable bonds is 5. The number of nitrogens with zero attached hydrogens (tertiary/aromatic N) is 3. The third kappa shape index (κ3) is 4.13. The van der Waals surface area contributed by atoms with Crippen molar-refractivity contribution in [3.63, 3.8) is 0 Å². The van der Waals surface area contributed by atoms with Crippen LogP contribution in [0, 0.1) is 33.1 Å². The van der Waals surface area contributed by atoms with E-state index >= 15 is 0 Å². The first-order chi connectivity index (χ1) is 13.0. The van der Waals surface area contributed by atoms with Gasteiger partial charge in [-0.05, 0) is 30.3 Å². The Morgan fingerprint density at radius 3 is 2.63 bits per heavy atom. The molecule has 3 rings (SSSR count). The second-order valence-corrected chi connectivity index (χ2v) is 6.14. The van der Waals surface area contributed by atoms with Gasteiger partial charge >= 0.3 is 0 Å². The number of nitrogens with one attached hydrogen (secondary N) is 1. The molecule has 0 saturated heterocycles. The van der Waals surface area contributed by atoms with E-state index in [-0.39, 0.29) is 22.8 Å². The molecule has 0 fully saturated rings. The smallest absolute Gasteiger partial charge is 0.272 e. The van der Waals surface area contributed by atoms with E-state index < -0.39 is 10.7 Å². The summed E-state index contributed by atoms with van der Waals surface area (Å²) in [5, 5.41) is 24.7. The van der Waals surface area contributed by atoms with Gasteiger partial charge in [-0.15, -0.1) is 11.3 Å². The predicted octanol–water partition coefficient (Wildman–Crippen LogP) is 4.97. The van der Waals surface area contributed by atoms with Crippen molar-refractivity contribution in [3.8, 4) is 17.3 Å². The van der Waals surface area contributed by atoms with Crippen LogP contribution in [-0.4, -0.2) is 9.91 Å². The normalized spacial score (nSPS) is 11.1. The average molecular weight is 384 g/mol. The molecule has 0 saturated carbocycles. The maximum absolute atomic E-state index is 13.9. The quantitative estimate of drug-likeness (QED) is 0.381. The Hall–Kier alpha value is -3.64. The van der Waals surface area contributed by atoms with Gasteiger partial charge in [0.2, 0.25) is 0 Å². The first-order valence-corrected chi connectivity index (χ1v) is 8.38. The number of nitriles is 1. The Balaban J connectivity index is 1.82. The summed E-state index contributed by atoms with van der Waals surface area (Å²) in [7, 11) is 0. The van der Waals surface area contributed by atoms with E-state index in [0.29, 0.717) is 16.3 Å². The summed E-state index contributed by atoms with van der Waals surface area (Å²) in [5.74, 6) is -1.18. The van der Waals surface area contributed by atoms with Crippen molar-refractivity contribution in [2.45, 2.75) is 0 Å². The zero-order valence-electron chi connectivity index (χ0n) is 13.5. The minimum absolute atomic E-state index is 0.0105. The third-order valence-corrected chi connectivity index (χ3v) is 4.41. The molecule has 27 heavy (non-hydrogen) atoms. The Kier molecular flexibility index (Phi) is 5.19. The van der Waals surface area contributed by atoms with Gasteiger partial charge in [0, 0.05) is 23.2 Å². The highest BCUT2D eigenvalue weighted by Crippen LogP contribution is 2.27. The van der Waals surface area contributed by atoms with Crippen molar-refractivity contribution in [2.75, 3.05) is 5.32 Å². The molecule has 0 radical (unpaired) electrons. The summed E-state index contributed by atoms with van der Waals surface area (Å²) in [6, 6.07) is 10.9. The molecule has 0 aliphatic carbocycles. The summed E-state index contributed by atoms with van der Waals surface area (Å²) < 4.78 is 26.9. The van der Waals surface area contributed by atoms with E-state index in [4.69, 9.17) is 0 Å². The van der Waals surface area contributed by atoms with Crippen molar-refractivity contribution in [1.29, 1.82) is 5.26 Å². The van der Waals surface area contributed by atoms with Gasteiger partial charge in [-0.1, -0.05) is 0 Å². The van der Waals surface area contributed by atoms with E-state index in [1.807, 2.05) is 6.07 Å². The van der Waals surface area contributed by atoms with Crippen LogP contribution in [0.25, 0.3) is 16.8 Å². The average Bonchev–Trinajstić information content (AvgIpc) is 3.13. The number of non-ortho nitro benzene ring substituents is 1. The highest BCUT2D eigenvalue weighted by atomic mass is 32.1. The number of aromatic nitrogens is 1. The van der Waals surface area contributed by atoms with Crippen molar-refractivity contribution < 1.29 is 13.7 Å². The van der Waals surface area contributed by atoms with Gasteiger partial charge in [0.05, 0.1) is 22.4 Å². The number of benzene rings is 2. The topological polar surface area (TPSA) is 91.8 Å².